The molecule has 2 aromatic carbocycles. The summed E-state index contributed by atoms with van der Waals surface area (Å²) in [6, 6.07) is 8.72. The van der Waals surface area contributed by atoms with Crippen LogP contribution in [0.15, 0.2) is 36.4 Å². The average Bonchev–Trinajstić information content (AvgIpc) is 2.73. The number of carbonyl (C=O) groups excluding carboxylic acids is 1. The number of carbonyl (C=O) groups is 1. The maximum Gasteiger partial charge on any atom is 0.416 e. The molecule has 3 rings (SSSR count). The van der Waals surface area contributed by atoms with Gasteiger partial charge in [0.05, 0.1) is 30.2 Å². The molecule has 2 aromatic rings. The van der Waals surface area contributed by atoms with Crippen molar-refractivity contribution in [2.45, 2.75) is 45.7 Å². The number of halogens is 3. The van der Waals surface area contributed by atoms with Gasteiger partial charge in [0.15, 0.2) is 0 Å². The fourth-order valence-corrected chi connectivity index (χ4v) is 3.85. The first-order chi connectivity index (χ1) is 15.1. The van der Waals surface area contributed by atoms with Gasteiger partial charge in [0, 0.05) is 18.8 Å². The quantitative estimate of drug-likeness (QED) is 0.553. The van der Waals surface area contributed by atoms with Crippen LogP contribution < -0.4 is 15.5 Å². The van der Waals surface area contributed by atoms with Crippen LogP contribution in [0.3, 0.4) is 0 Å². The molecule has 2 N–H and O–H groups in total. The number of urea groups is 1. The van der Waals surface area contributed by atoms with Gasteiger partial charge in [-0.3, -0.25) is 0 Å². The number of rotatable bonds is 5. The van der Waals surface area contributed by atoms with Crippen molar-refractivity contribution in [2.24, 2.45) is 0 Å². The predicted molar refractivity (Wildman–Crippen MR) is 122 cm³/mol. The molecule has 0 aromatic heterocycles. The second-order valence-electron chi connectivity index (χ2n) is 8.53. The minimum atomic E-state index is -4.51. The molecule has 1 aliphatic rings. The molecule has 5 nitrogen and oxygen atoms in total. The summed E-state index contributed by atoms with van der Waals surface area (Å²) in [5.41, 5.74) is 2.50. The molecule has 0 aliphatic carbocycles. The van der Waals surface area contributed by atoms with Crippen molar-refractivity contribution in [1.29, 1.82) is 0 Å². The van der Waals surface area contributed by atoms with E-state index in [9.17, 15) is 18.0 Å². The number of nitrogens with zero attached hydrogens (tertiary/aromatic N) is 1. The van der Waals surface area contributed by atoms with Crippen molar-refractivity contribution in [1.82, 2.24) is 0 Å². The van der Waals surface area contributed by atoms with Crippen LogP contribution in [0.2, 0.25) is 0 Å². The maximum atomic E-state index is 13.3. The lowest BCUT2D eigenvalue weighted by Crippen LogP contribution is -2.37. The number of anilines is 3. The Morgan fingerprint density at radius 2 is 1.56 bits per heavy atom. The first kappa shape index (κ1) is 23.9. The number of nitrogens with one attached hydrogen (secondary N) is 2. The molecule has 1 heterocycles. The van der Waals surface area contributed by atoms with Crippen LogP contribution in [0.1, 0.15) is 56.2 Å². The van der Waals surface area contributed by atoms with Crippen molar-refractivity contribution >= 4 is 23.1 Å². The Balaban J connectivity index is 1.93. The third-order valence-corrected chi connectivity index (χ3v) is 5.54. The molecule has 2 amide bonds. The van der Waals surface area contributed by atoms with Crippen LogP contribution in [0, 0.1) is 0 Å². The van der Waals surface area contributed by atoms with E-state index in [0.717, 1.165) is 23.3 Å². The lowest BCUT2D eigenvalue weighted by molar-refractivity contribution is -0.137. The molecule has 8 heteroatoms. The first-order valence-corrected chi connectivity index (χ1v) is 10.8. The fourth-order valence-electron chi connectivity index (χ4n) is 3.85. The third-order valence-electron chi connectivity index (χ3n) is 5.54. The molecule has 1 aliphatic heterocycles. The number of hydrogen-bond acceptors (Lipinski definition) is 3. The van der Waals surface area contributed by atoms with E-state index in [0.29, 0.717) is 37.7 Å². The SMILES string of the molecule is CC(C)c1cccc(C(C)C)c1NC(=O)Nc1cc(C(F)(F)F)ccc1N1CCOCC1. The van der Waals surface area contributed by atoms with E-state index in [1.165, 1.54) is 6.07 Å². The number of alkyl halides is 3. The van der Waals surface area contributed by atoms with Crippen LogP contribution in [-0.4, -0.2) is 32.3 Å². The molecule has 1 saturated heterocycles. The zero-order chi connectivity index (χ0) is 23.5. The third kappa shape index (κ3) is 5.54. The van der Waals surface area contributed by atoms with Crippen molar-refractivity contribution < 1.29 is 22.7 Å². The maximum absolute atomic E-state index is 13.3. The summed E-state index contributed by atoms with van der Waals surface area (Å²) in [6.45, 7) is 10.2. The lowest BCUT2D eigenvalue weighted by Gasteiger charge is -2.31. The van der Waals surface area contributed by atoms with E-state index in [2.05, 4.69) is 10.6 Å². The van der Waals surface area contributed by atoms with Gasteiger partial charge in [-0.25, -0.2) is 4.79 Å². The molecule has 1 fully saturated rings. The van der Waals surface area contributed by atoms with Gasteiger partial charge >= 0.3 is 12.2 Å². The van der Waals surface area contributed by atoms with Gasteiger partial charge < -0.3 is 20.3 Å². The highest BCUT2D eigenvalue weighted by atomic mass is 19.4. The standard InChI is InChI=1S/C24H30F3N3O2/c1-15(2)18-6-5-7-19(16(3)4)22(18)29-23(31)28-20-14-17(24(25,26)27)8-9-21(20)30-10-12-32-13-11-30/h5-9,14-16H,10-13H2,1-4H3,(H2,28,29,31). The number of para-hydroxylation sites is 1. The monoisotopic (exact) mass is 449 g/mol. The Morgan fingerprint density at radius 3 is 2.09 bits per heavy atom. The lowest BCUT2D eigenvalue weighted by atomic mass is 9.93. The molecule has 0 spiro atoms. The minimum absolute atomic E-state index is 0.118. The Labute approximate surface area is 186 Å². The molecule has 32 heavy (non-hydrogen) atoms. The van der Waals surface area contributed by atoms with Gasteiger partial charge in [-0.05, 0) is 41.2 Å². The highest BCUT2D eigenvalue weighted by Crippen LogP contribution is 2.36. The number of hydrogen-bond donors (Lipinski definition) is 2. The Hall–Kier alpha value is -2.74. The summed E-state index contributed by atoms with van der Waals surface area (Å²) >= 11 is 0. The summed E-state index contributed by atoms with van der Waals surface area (Å²) in [6.07, 6.45) is -4.51. The second-order valence-corrected chi connectivity index (χ2v) is 8.53. The molecule has 0 radical (unpaired) electrons. The summed E-state index contributed by atoms with van der Waals surface area (Å²) in [4.78, 5) is 14.9. The normalized spacial score (nSPS) is 14.7. The zero-order valence-electron chi connectivity index (χ0n) is 18.8. The molecule has 0 unspecified atom stereocenters. The zero-order valence-corrected chi connectivity index (χ0v) is 18.8. The van der Waals surface area contributed by atoms with Crippen molar-refractivity contribution in [3.63, 3.8) is 0 Å². The molecular weight excluding hydrogens is 419 g/mol. The smallest absolute Gasteiger partial charge is 0.378 e. The van der Waals surface area contributed by atoms with E-state index in [4.69, 9.17) is 4.74 Å². The van der Waals surface area contributed by atoms with Crippen LogP contribution in [0.4, 0.5) is 35.0 Å². The summed E-state index contributed by atoms with van der Waals surface area (Å²) in [7, 11) is 0. The van der Waals surface area contributed by atoms with Gasteiger partial charge in [0.25, 0.3) is 0 Å². The van der Waals surface area contributed by atoms with Crippen molar-refractivity contribution in [3.8, 4) is 0 Å². The van der Waals surface area contributed by atoms with Crippen LogP contribution in [0.5, 0.6) is 0 Å². The summed E-state index contributed by atoms with van der Waals surface area (Å²) in [5, 5.41) is 5.57. The molecule has 174 valence electrons. The highest BCUT2D eigenvalue weighted by Gasteiger charge is 2.32. The Morgan fingerprint density at radius 1 is 0.969 bits per heavy atom. The van der Waals surface area contributed by atoms with Gasteiger partial charge in [0.2, 0.25) is 0 Å². The summed E-state index contributed by atoms with van der Waals surface area (Å²) < 4.78 is 45.4. The molecule has 0 bridgehead atoms. The van der Waals surface area contributed by atoms with Crippen molar-refractivity contribution in [3.05, 3.63) is 53.1 Å². The minimum Gasteiger partial charge on any atom is -0.378 e. The number of amides is 2. The topological polar surface area (TPSA) is 53.6 Å². The van der Waals surface area contributed by atoms with Gasteiger partial charge in [-0.2, -0.15) is 13.2 Å². The molecule has 0 atom stereocenters. The predicted octanol–water partition coefficient (Wildman–Crippen LogP) is 6.43. The molecular formula is C24H30F3N3O2. The van der Waals surface area contributed by atoms with Gasteiger partial charge in [0.1, 0.15) is 0 Å². The van der Waals surface area contributed by atoms with Crippen LogP contribution in [0.25, 0.3) is 0 Å². The first-order valence-electron chi connectivity index (χ1n) is 10.8. The highest BCUT2D eigenvalue weighted by molar-refractivity contribution is 6.03. The van der Waals surface area contributed by atoms with E-state index < -0.39 is 17.8 Å². The fraction of sp³-hybridized carbons (Fsp3) is 0.458. The van der Waals surface area contributed by atoms with Crippen LogP contribution >= 0.6 is 0 Å². The van der Waals surface area contributed by atoms with E-state index >= 15 is 0 Å². The number of ether oxygens (including phenoxy) is 1. The van der Waals surface area contributed by atoms with Gasteiger partial charge in [-0.1, -0.05) is 45.9 Å². The number of benzene rings is 2. The number of morpholine rings is 1. The second kappa shape index (κ2) is 9.81. The Kier molecular flexibility index (Phi) is 7.33. The van der Waals surface area contributed by atoms with Crippen LogP contribution in [-0.2, 0) is 10.9 Å². The summed E-state index contributed by atoms with van der Waals surface area (Å²) in [5.74, 6) is 0.336. The van der Waals surface area contributed by atoms with E-state index in [1.807, 2.05) is 50.8 Å². The van der Waals surface area contributed by atoms with E-state index in [-0.39, 0.29) is 17.5 Å². The van der Waals surface area contributed by atoms with E-state index in [1.54, 1.807) is 0 Å². The van der Waals surface area contributed by atoms with Gasteiger partial charge in [-0.15, -0.1) is 0 Å². The van der Waals surface area contributed by atoms with Crippen molar-refractivity contribution in [2.75, 3.05) is 41.8 Å². The largest absolute Gasteiger partial charge is 0.416 e. The Bertz CT molecular complexity index is 926. The average molecular weight is 450 g/mol. The molecule has 0 saturated carbocycles.